The second kappa shape index (κ2) is 52.8. The highest BCUT2D eigenvalue weighted by Gasteiger charge is 2.28. The number of benzene rings is 8. The van der Waals surface area contributed by atoms with Crippen molar-refractivity contribution in [3.05, 3.63) is 212 Å². The Hall–Kier alpha value is -12.2. The van der Waals surface area contributed by atoms with Crippen LogP contribution >= 0.6 is 0 Å². The molecule has 0 heterocycles. The second-order valence-corrected chi connectivity index (χ2v) is 33.1. The molecular weight excluding hydrogens is 1630 g/mol. The summed E-state index contributed by atoms with van der Waals surface area (Å²) in [4.78, 5) is 110. The molecule has 20 N–H and O–H groups in total. The Labute approximate surface area is 751 Å². The number of fused-ring (bicyclic) bond motifs is 8. The number of ether oxygens (including phenoxy) is 4. The molecule has 0 saturated carbocycles. The van der Waals surface area contributed by atoms with E-state index >= 15 is 0 Å². The molecule has 8 bridgehead atoms. The van der Waals surface area contributed by atoms with Gasteiger partial charge in [0.2, 0.25) is 47.3 Å². The summed E-state index contributed by atoms with van der Waals surface area (Å²) in [7, 11) is 0. The van der Waals surface area contributed by atoms with Crippen LogP contribution < -0.4 is 84.4 Å². The van der Waals surface area contributed by atoms with E-state index in [0.717, 1.165) is 22.3 Å². The normalized spacial score (nSPS) is 12.6. The van der Waals surface area contributed by atoms with E-state index < -0.39 is 24.2 Å². The van der Waals surface area contributed by atoms with E-state index in [-0.39, 0.29) is 122 Å². The molecule has 9 rings (SSSR count). The van der Waals surface area contributed by atoms with Crippen molar-refractivity contribution in [2.75, 3.05) is 73.9 Å². The summed E-state index contributed by atoms with van der Waals surface area (Å²) in [5.74, 6) is 0.397. The lowest BCUT2D eigenvalue weighted by Gasteiger charge is -2.25. The molecule has 0 unspecified atom stereocenters. The Morgan fingerprint density at radius 1 is 0.281 bits per heavy atom. The summed E-state index contributed by atoms with van der Waals surface area (Å²) in [6.07, 6.45) is 11.7. The van der Waals surface area contributed by atoms with Gasteiger partial charge in [0, 0.05) is 145 Å². The average Bonchev–Trinajstić information content (AvgIpc) is 0.769. The van der Waals surface area contributed by atoms with Gasteiger partial charge in [0.05, 0.1) is 50.6 Å². The van der Waals surface area contributed by atoms with E-state index in [9.17, 15) is 58.8 Å². The first-order chi connectivity index (χ1) is 61.8. The van der Waals surface area contributed by atoms with Gasteiger partial charge >= 0.3 is 0 Å². The maximum absolute atomic E-state index is 14.5. The summed E-state index contributed by atoms with van der Waals surface area (Å²) in [6.45, 7) is 10.7. The standard InChI is InChI=1S/C100H132N12O16/c1-5-45-125-93-69-53-71-59-78(110-90(118)22-14-10-18-42-106-98(122)86(102)50-66-27-35-82(114)36-28-66)61-73(94(71)126-46-6-2)55-75-63-80(112-92(120)24-16-12-20-44-108-100(124)88(104)52-68-31-39-84(116)40-32-68)64-76(96(75)128-48-8-4)56-74-62-79(111-91(119)23-15-11-19-43-107-99(123)87(103)51-67-29-37-83(115)38-30-67)60-72(95(74)127-47-7-3)54-70(93)58-77(57-69)109-89(117)21-13-9-17-41-105-97(121)85(101)49-65-25-33-81(113)34-26-65/h25-40,57-64,85-88,113-116H,5-24,41-56,101-104H2,1-4H3,(H,105,121)(H,106,122)(H,107,123)(H,108,124)(H,109,117)(H,110,118)(H,111,119)(H,112,120)/t85-,86-,87-,88-/m0/s1. The minimum absolute atomic E-state index is 0.117. The van der Waals surface area contributed by atoms with Crippen molar-refractivity contribution in [1.82, 2.24) is 21.3 Å². The highest BCUT2D eigenvalue weighted by molar-refractivity contribution is 5.94. The molecule has 8 aromatic carbocycles. The lowest BCUT2D eigenvalue weighted by atomic mass is 9.90. The molecule has 0 aromatic heterocycles. The number of hydrogen-bond donors (Lipinski definition) is 16. The first-order valence-electron chi connectivity index (χ1n) is 45.4. The van der Waals surface area contributed by atoms with Gasteiger partial charge in [0.25, 0.3) is 0 Å². The lowest BCUT2D eigenvalue weighted by Crippen LogP contribution is -2.42. The van der Waals surface area contributed by atoms with Gasteiger partial charge < -0.3 is 105 Å². The third kappa shape index (κ3) is 33.5. The van der Waals surface area contributed by atoms with Crippen LogP contribution in [0.4, 0.5) is 22.7 Å². The predicted octanol–water partition coefficient (Wildman–Crippen LogP) is 13.1. The number of unbranched alkanes of at least 4 members (excludes halogenated alkanes) is 8. The molecule has 0 radical (unpaired) electrons. The zero-order chi connectivity index (χ0) is 91.7. The zero-order valence-electron chi connectivity index (χ0n) is 74.6. The fourth-order valence-electron chi connectivity index (χ4n) is 15.3. The van der Waals surface area contributed by atoms with E-state index in [4.69, 9.17) is 41.9 Å². The van der Waals surface area contributed by atoms with Crippen LogP contribution in [0.25, 0.3) is 0 Å². The first-order valence-corrected chi connectivity index (χ1v) is 45.4. The Morgan fingerprint density at radius 3 is 0.633 bits per heavy atom. The molecule has 688 valence electrons. The van der Waals surface area contributed by atoms with Gasteiger partial charge in [-0.2, -0.15) is 0 Å². The highest BCUT2D eigenvalue weighted by atomic mass is 16.5. The molecular formula is C100H132N12O16. The van der Waals surface area contributed by atoms with Crippen molar-refractivity contribution in [2.24, 2.45) is 22.9 Å². The summed E-state index contributed by atoms with van der Waals surface area (Å²) in [6, 6.07) is 38.3. The minimum atomic E-state index is -0.797. The largest absolute Gasteiger partial charge is 0.508 e. The molecule has 128 heavy (non-hydrogen) atoms. The highest BCUT2D eigenvalue weighted by Crippen LogP contribution is 2.44. The van der Waals surface area contributed by atoms with Crippen molar-refractivity contribution in [2.45, 2.75) is 232 Å². The third-order valence-corrected chi connectivity index (χ3v) is 21.9. The second-order valence-electron chi connectivity index (χ2n) is 33.1. The molecule has 0 saturated heterocycles. The maximum atomic E-state index is 14.5. The molecule has 8 aromatic rings. The van der Waals surface area contributed by atoms with E-state index in [1.807, 2.05) is 76.2 Å². The zero-order valence-corrected chi connectivity index (χ0v) is 74.6. The minimum Gasteiger partial charge on any atom is -0.508 e. The van der Waals surface area contributed by atoms with Crippen LogP contribution in [-0.4, -0.2) is 144 Å². The number of carbonyl (C=O) groups is 8. The summed E-state index contributed by atoms with van der Waals surface area (Å²) >= 11 is 0. The quantitative estimate of drug-likeness (QED) is 0.0157. The van der Waals surface area contributed by atoms with Crippen LogP contribution in [0, 0.1) is 0 Å². The Kier molecular flexibility index (Phi) is 41.0. The van der Waals surface area contributed by atoms with Gasteiger partial charge in [-0.15, -0.1) is 0 Å². The molecule has 28 nitrogen and oxygen atoms in total. The van der Waals surface area contributed by atoms with E-state index in [1.165, 1.54) is 0 Å². The van der Waals surface area contributed by atoms with E-state index in [0.29, 0.717) is 271 Å². The average molecular weight is 1760 g/mol. The van der Waals surface area contributed by atoms with Crippen molar-refractivity contribution < 1.29 is 77.7 Å². The molecule has 1 aliphatic rings. The van der Waals surface area contributed by atoms with Gasteiger partial charge in [-0.3, -0.25) is 38.4 Å². The fraction of sp³-hybridized carbons (Fsp3) is 0.440. The van der Waals surface area contributed by atoms with Gasteiger partial charge in [-0.25, -0.2) is 0 Å². The summed E-state index contributed by atoms with van der Waals surface area (Å²) < 4.78 is 28.0. The molecule has 0 spiro atoms. The van der Waals surface area contributed by atoms with Gasteiger partial charge in [-0.1, -0.05) is 102 Å². The molecule has 28 heteroatoms. The number of anilines is 4. The van der Waals surface area contributed by atoms with Crippen LogP contribution in [0.1, 0.15) is 223 Å². The number of nitrogens with one attached hydrogen (secondary N) is 8. The van der Waals surface area contributed by atoms with Crippen molar-refractivity contribution in [3.63, 3.8) is 0 Å². The van der Waals surface area contributed by atoms with Crippen molar-refractivity contribution in [3.8, 4) is 46.0 Å². The smallest absolute Gasteiger partial charge is 0.237 e. The maximum Gasteiger partial charge on any atom is 0.237 e. The van der Waals surface area contributed by atoms with Crippen LogP contribution in [0.3, 0.4) is 0 Å². The number of hydrogen-bond acceptors (Lipinski definition) is 20. The van der Waals surface area contributed by atoms with Gasteiger partial charge in [0.15, 0.2) is 0 Å². The Morgan fingerprint density at radius 2 is 0.461 bits per heavy atom. The number of phenols is 4. The van der Waals surface area contributed by atoms with E-state index in [2.05, 4.69) is 42.5 Å². The van der Waals surface area contributed by atoms with Crippen molar-refractivity contribution in [1.29, 1.82) is 0 Å². The molecule has 0 aliphatic heterocycles. The first kappa shape index (κ1) is 99.5. The summed E-state index contributed by atoms with van der Waals surface area (Å²) in [5.41, 5.74) is 35.7. The number of nitrogens with two attached hydrogens (primary N) is 4. The number of aromatic hydroxyl groups is 4. The number of amides is 8. The lowest BCUT2D eigenvalue weighted by molar-refractivity contribution is -0.123. The number of carbonyl (C=O) groups excluding carboxylic acids is 8. The monoisotopic (exact) mass is 1760 g/mol. The van der Waals surface area contributed by atoms with Gasteiger partial charge in [-0.05, 0) is 222 Å². The summed E-state index contributed by atoms with van der Waals surface area (Å²) in [5, 5.41) is 63.7. The van der Waals surface area contributed by atoms with Crippen LogP contribution in [0.15, 0.2) is 146 Å². The van der Waals surface area contributed by atoms with Crippen LogP contribution in [-0.2, 0) is 89.7 Å². The van der Waals surface area contributed by atoms with Gasteiger partial charge in [0.1, 0.15) is 46.0 Å². The molecule has 8 amide bonds. The SMILES string of the molecule is CCCOc1c2cc(NC(=O)CCCCCNC(=O)[C@@H](N)Cc3ccc(O)cc3)cc1Cc1cc(NC(=O)CCCCCNC(=O)[C@@H](N)Cc3ccc(O)cc3)cc(c1OCCC)Cc1cc(NC(=O)CCCCCNC(=O)[C@@H](N)Cc3ccc(O)cc3)cc(c1OCCC)Cc1cc(NC(=O)CCCCCNC(=O)[C@@H](N)Cc3ccc(O)cc3)cc(c1OCCC)C2. The Bertz CT molecular complexity index is 4230. The number of phenolic OH excluding ortho intramolecular Hbond substituents is 4. The van der Waals surface area contributed by atoms with Crippen LogP contribution in [0.2, 0.25) is 0 Å². The van der Waals surface area contributed by atoms with Crippen LogP contribution in [0.5, 0.6) is 46.0 Å². The molecule has 0 fully saturated rings. The third-order valence-electron chi connectivity index (χ3n) is 21.9. The van der Waals surface area contributed by atoms with E-state index in [1.54, 1.807) is 97.1 Å². The predicted molar refractivity (Wildman–Crippen MR) is 500 cm³/mol. The topological polar surface area (TPSA) is 455 Å². The molecule has 4 atom stereocenters. The Balaban J connectivity index is 1.07. The molecule has 1 aliphatic carbocycles. The fourth-order valence-corrected chi connectivity index (χ4v) is 15.3. The van der Waals surface area contributed by atoms with Crippen molar-refractivity contribution >= 4 is 70.0 Å². The number of rotatable bonds is 52.